The first-order valence-electron chi connectivity index (χ1n) is 6.77. The standard InChI is InChI=1S/C13H22N2O3/c1-8-3-5-14-11(8)12(16)15-6-4-10(13(17)18)7-9(15)2/h8-11,14H,3-7H2,1-2H3,(H,17,18). The van der Waals surface area contributed by atoms with Gasteiger partial charge in [-0.3, -0.25) is 9.59 Å². The molecule has 2 heterocycles. The number of piperidine rings is 1. The van der Waals surface area contributed by atoms with E-state index in [0.717, 1.165) is 13.0 Å². The lowest BCUT2D eigenvalue weighted by molar-refractivity contribution is -0.148. The molecule has 102 valence electrons. The average molecular weight is 254 g/mol. The van der Waals surface area contributed by atoms with Crippen LogP contribution in [0.4, 0.5) is 0 Å². The molecule has 0 aliphatic carbocycles. The van der Waals surface area contributed by atoms with Crippen molar-refractivity contribution in [1.82, 2.24) is 10.2 Å². The zero-order valence-electron chi connectivity index (χ0n) is 11.1. The molecule has 5 nitrogen and oxygen atoms in total. The summed E-state index contributed by atoms with van der Waals surface area (Å²) in [6, 6.07) is -0.0456. The number of nitrogens with zero attached hydrogens (tertiary/aromatic N) is 1. The maximum absolute atomic E-state index is 12.4. The van der Waals surface area contributed by atoms with Crippen molar-refractivity contribution in [2.24, 2.45) is 11.8 Å². The first-order valence-corrected chi connectivity index (χ1v) is 6.77. The van der Waals surface area contributed by atoms with E-state index in [2.05, 4.69) is 12.2 Å². The third kappa shape index (κ3) is 2.51. The van der Waals surface area contributed by atoms with Gasteiger partial charge in [0, 0.05) is 12.6 Å². The lowest BCUT2D eigenvalue weighted by Gasteiger charge is -2.38. The number of rotatable bonds is 2. The average Bonchev–Trinajstić information content (AvgIpc) is 2.74. The minimum absolute atomic E-state index is 0.0296. The van der Waals surface area contributed by atoms with Crippen LogP contribution in [0.5, 0.6) is 0 Å². The second kappa shape index (κ2) is 5.26. The Labute approximate surface area is 108 Å². The number of carbonyl (C=O) groups is 2. The second-order valence-electron chi connectivity index (χ2n) is 5.64. The second-order valence-corrected chi connectivity index (χ2v) is 5.64. The first-order chi connectivity index (χ1) is 8.50. The highest BCUT2D eigenvalue weighted by atomic mass is 16.4. The lowest BCUT2D eigenvalue weighted by Crippen LogP contribution is -2.53. The van der Waals surface area contributed by atoms with Crippen LogP contribution < -0.4 is 5.32 Å². The number of nitrogens with one attached hydrogen (secondary N) is 1. The van der Waals surface area contributed by atoms with Crippen LogP contribution in [0.15, 0.2) is 0 Å². The van der Waals surface area contributed by atoms with Gasteiger partial charge in [0.2, 0.25) is 5.91 Å². The number of hydrogen-bond donors (Lipinski definition) is 2. The molecule has 0 radical (unpaired) electrons. The minimum Gasteiger partial charge on any atom is -0.481 e. The van der Waals surface area contributed by atoms with Crippen molar-refractivity contribution in [2.45, 2.75) is 45.2 Å². The van der Waals surface area contributed by atoms with Crippen LogP contribution in [-0.2, 0) is 9.59 Å². The van der Waals surface area contributed by atoms with Gasteiger partial charge in [-0.2, -0.15) is 0 Å². The molecule has 2 fully saturated rings. The summed E-state index contributed by atoms with van der Waals surface area (Å²) < 4.78 is 0. The van der Waals surface area contributed by atoms with E-state index in [4.69, 9.17) is 5.11 Å². The van der Waals surface area contributed by atoms with Crippen LogP contribution in [0, 0.1) is 11.8 Å². The van der Waals surface area contributed by atoms with Gasteiger partial charge < -0.3 is 15.3 Å². The highest BCUT2D eigenvalue weighted by Crippen LogP contribution is 2.26. The molecule has 0 aromatic rings. The van der Waals surface area contributed by atoms with Crippen molar-refractivity contribution in [2.75, 3.05) is 13.1 Å². The van der Waals surface area contributed by atoms with Gasteiger partial charge in [0.1, 0.15) is 0 Å². The van der Waals surface area contributed by atoms with E-state index in [0.29, 0.717) is 25.3 Å². The van der Waals surface area contributed by atoms with Gasteiger partial charge in [-0.25, -0.2) is 0 Å². The Balaban J connectivity index is 1.98. The summed E-state index contributed by atoms with van der Waals surface area (Å²) in [5, 5.41) is 12.3. The first kappa shape index (κ1) is 13.3. The van der Waals surface area contributed by atoms with Crippen molar-refractivity contribution in [1.29, 1.82) is 0 Å². The fourth-order valence-electron chi connectivity index (χ4n) is 3.07. The zero-order chi connectivity index (χ0) is 13.3. The molecule has 0 aromatic carbocycles. The summed E-state index contributed by atoms with van der Waals surface area (Å²) in [6.07, 6.45) is 2.19. The Hall–Kier alpha value is -1.10. The molecule has 2 rings (SSSR count). The zero-order valence-corrected chi connectivity index (χ0v) is 11.1. The number of carboxylic acid groups (broad SMARTS) is 1. The van der Waals surface area contributed by atoms with E-state index in [-0.39, 0.29) is 23.9 Å². The molecular formula is C13H22N2O3. The molecular weight excluding hydrogens is 232 g/mol. The molecule has 2 aliphatic heterocycles. The Morgan fingerprint density at radius 3 is 2.50 bits per heavy atom. The fraction of sp³-hybridized carbons (Fsp3) is 0.846. The summed E-state index contributed by atoms with van der Waals surface area (Å²) >= 11 is 0. The van der Waals surface area contributed by atoms with E-state index >= 15 is 0 Å². The number of amides is 1. The molecule has 2 aliphatic rings. The van der Waals surface area contributed by atoms with Crippen LogP contribution in [0.1, 0.15) is 33.1 Å². The Morgan fingerprint density at radius 1 is 1.28 bits per heavy atom. The van der Waals surface area contributed by atoms with Crippen LogP contribution >= 0.6 is 0 Å². The number of carboxylic acids is 1. The van der Waals surface area contributed by atoms with E-state index in [1.54, 1.807) is 0 Å². The summed E-state index contributed by atoms with van der Waals surface area (Å²) in [6.45, 7) is 5.52. The van der Waals surface area contributed by atoms with Gasteiger partial charge in [0.25, 0.3) is 0 Å². The van der Waals surface area contributed by atoms with Crippen LogP contribution in [0.3, 0.4) is 0 Å². The normalized spacial score (nSPS) is 36.7. The van der Waals surface area contributed by atoms with Crippen molar-refractivity contribution in [3.05, 3.63) is 0 Å². The molecule has 18 heavy (non-hydrogen) atoms. The van der Waals surface area contributed by atoms with Crippen LogP contribution in [-0.4, -0.2) is 47.1 Å². The SMILES string of the molecule is CC1CCNC1C(=O)N1CCC(C(=O)O)CC1C. The van der Waals surface area contributed by atoms with Gasteiger partial charge in [-0.05, 0) is 38.6 Å². The molecule has 0 aromatic heterocycles. The molecule has 5 heteroatoms. The summed E-state index contributed by atoms with van der Waals surface area (Å²) in [7, 11) is 0. The third-order valence-electron chi connectivity index (χ3n) is 4.31. The molecule has 2 saturated heterocycles. The number of aliphatic carboxylic acids is 1. The smallest absolute Gasteiger partial charge is 0.306 e. The topological polar surface area (TPSA) is 69.6 Å². The Kier molecular flexibility index (Phi) is 3.90. The largest absolute Gasteiger partial charge is 0.481 e. The number of carbonyl (C=O) groups excluding carboxylic acids is 1. The van der Waals surface area contributed by atoms with Gasteiger partial charge in [0.15, 0.2) is 0 Å². The van der Waals surface area contributed by atoms with Crippen LogP contribution in [0.25, 0.3) is 0 Å². The van der Waals surface area contributed by atoms with Gasteiger partial charge in [-0.15, -0.1) is 0 Å². The van der Waals surface area contributed by atoms with Crippen molar-refractivity contribution in [3.63, 3.8) is 0 Å². The quantitative estimate of drug-likeness (QED) is 0.761. The highest BCUT2D eigenvalue weighted by Gasteiger charge is 2.38. The van der Waals surface area contributed by atoms with Gasteiger partial charge >= 0.3 is 5.97 Å². The van der Waals surface area contributed by atoms with Crippen molar-refractivity contribution < 1.29 is 14.7 Å². The maximum atomic E-state index is 12.4. The summed E-state index contributed by atoms with van der Waals surface area (Å²) in [4.78, 5) is 25.2. The monoisotopic (exact) mass is 254 g/mol. The molecule has 4 atom stereocenters. The van der Waals surface area contributed by atoms with Crippen molar-refractivity contribution >= 4 is 11.9 Å². The highest BCUT2D eigenvalue weighted by molar-refractivity contribution is 5.83. The van der Waals surface area contributed by atoms with Crippen LogP contribution in [0.2, 0.25) is 0 Å². The minimum atomic E-state index is -0.735. The van der Waals surface area contributed by atoms with Gasteiger partial charge in [-0.1, -0.05) is 6.92 Å². The fourth-order valence-corrected chi connectivity index (χ4v) is 3.07. The molecule has 2 N–H and O–H groups in total. The molecule has 0 spiro atoms. The predicted molar refractivity (Wildman–Crippen MR) is 67.1 cm³/mol. The summed E-state index contributed by atoms with van der Waals surface area (Å²) in [5.74, 6) is -0.502. The number of likely N-dealkylation sites (tertiary alicyclic amines) is 1. The maximum Gasteiger partial charge on any atom is 0.306 e. The van der Waals surface area contributed by atoms with E-state index in [1.165, 1.54) is 0 Å². The summed E-state index contributed by atoms with van der Waals surface area (Å²) in [5.41, 5.74) is 0. The Bertz CT molecular complexity index is 345. The van der Waals surface area contributed by atoms with Crippen molar-refractivity contribution in [3.8, 4) is 0 Å². The number of hydrogen-bond acceptors (Lipinski definition) is 3. The van der Waals surface area contributed by atoms with E-state index in [1.807, 2.05) is 11.8 Å². The van der Waals surface area contributed by atoms with Gasteiger partial charge in [0.05, 0.1) is 12.0 Å². The molecule has 0 saturated carbocycles. The third-order valence-corrected chi connectivity index (χ3v) is 4.31. The molecule has 4 unspecified atom stereocenters. The lowest BCUT2D eigenvalue weighted by atomic mass is 9.90. The Morgan fingerprint density at radius 2 is 2.00 bits per heavy atom. The van der Waals surface area contributed by atoms with E-state index < -0.39 is 5.97 Å². The van der Waals surface area contributed by atoms with E-state index in [9.17, 15) is 9.59 Å². The molecule has 1 amide bonds. The molecule has 0 bridgehead atoms. The predicted octanol–water partition coefficient (Wildman–Crippen LogP) is 0.696.